The second kappa shape index (κ2) is 13.6. The van der Waals surface area contributed by atoms with Gasteiger partial charge in [0.05, 0.1) is 6.04 Å². The summed E-state index contributed by atoms with van der Waals surface area (Å²) in [5.74, 6) is 0.651. The highest BCUT2D eigenvalue weighted by Crippen LogP contribution is 2.39. The molecule has 0 radical (unpaired) electrons. The number of aromatic nitrogens is 1. The molecule has 0 bridgehead atoms. The summed E-state index contributed by atoms with van der Waals surface area (Å²) in [4.78, 5) is 18.6. The molecule has 1 fully saturated rings. The lowest BCUT2D eigenvalue weighted by Gasteiger charge is -2.38. The quantitative estimate of drug-likeness (QED) is 0.226. The van der Waals surface area contributed by atoms with E-state index in [2.05, 4.69) is 27.3 Å². The Balaban J connectivity index is 1.23. The molecule has 6 heteroatoms. The number of piperidine rings is 1. The van der Waals surface area contributed by atoms with Crippen LogP contribution in [0, 0.1) is 5.92 Å². The minimum atomic E-state index is -0.0580. The summed E-state index contributed by atoms with van der Waals surface area (Å²) >= 11 is 13.3. The summed E-state index contributed by atoms with van der Waals surface area (Å²) in [6.45, 7) is 2.74. The first kappa shape index (κ1) is 26.4. The second-order valence-corrected chi connectivity index (χ2v) is 10.1. The van der Waals surface area contributed by atoms with Gasteiger partial charge in [-0.05, 0) is 79.2 Å². The summed E-state index contributed by atoms with van der Waals surface area (Å²) in [6.07, 6.45) is 12.4. The Morgan fingerprint density at radius 1 is 0.972 bits per heavy atom. The van der Waals surface area contributed by atoms with Gasteiger partial charge in [0.15, 0.2) is 0 Å². The van der Waals surface area contributed by atoms with E-state index < -0.39 is 0 Å². The number of benzene rings is 2. The number of amides is 1. The first-order chi connectivity index (χ1) is 17.6. The van der Waals surface area contributed by atoms with Crippen LogP contribution in [-0.2, 0) is 4.79 Å². The lowest BCUT2D eigenvalue weighted by atomic mass is 9.88. The van der Waals surface area contributed by atoms with Gasteiger partial charge in [-0.3, -0.25) is 14.7 Å². The van der Waals surface area contributed by atoms with E-state index >= 15 is 0 Å². The average Bonchev–Trinajstić information content (AvgIpc) is 2.91. The van der Waals surface area contributed by atoms with Crippen molar-refractivity contribution < 1.29 is 4.79 Å². The minimum absolute atomic E-state index is 0.0580. The SMILES string of the molecule is O=C(/C=C\c1cccnc1)NCCCCC1CCN(C(c2ccccc2Cl)c2ccccc2Cl)CC1. The number of nitrogens with zero attached hydrogens (tertiary/aromatic N) is 2. The van der Waals surface area contributed by atoms with Crippen molar-refractivity contribution in [2.45, 2.75) is 38.1 Å². The predicted molar refractivity (Wildman–Crippen MR) is 149 cm³/mol. The molecule has 1 N–H and O–H groups in total. The predicted octanol–water partition coefficient (Wildman–Crippen LogP) is 7.19. The molecule has 4 rings (SSSR count). The van der Waals surface area contributed by atoms with E-state index in [1.807, 2.05) is 48.5 Å². The fourth-order valence-electron chi connectivity index (χ4n) is 4.93. The van der Waals surface area contributed by atoms with Gasteiger partial charge in [-0.25, -0.2) is 0 Å². The molecule has 0 aliphatic carbocycles. The minimum Gasteiger partial charge on any atom is -0.353 e. The van der Waals surface area contributed by atoms with Crippen LogP contribution in [0.1, 0.15) is 54.8 Å². The highest BCUT2D eigenvalue weighted by molar-refractivity contribution is 6.32. The first-order valence-electron chi connectivity index (χ1n) is 12.7. The number of rotatable bonds is 10. The van der Waals surface area contributed by atoms with Crippen LogP contribution < -0.4 is 5.32 Å². The van der Waals surface area contributed by atoms with Crippen LogP contribution in [0.25, 0.3) is 6.08 Å². The maximum atomic E-state index is 12.0. The third-order valence-electron chi connectivity index (χ3n) is 6.86. The Labute approximate surface area is 224 Å². The molecule has 0 atom stereocenters. The number of hydrogen-bond acceptors (Lipinski definition) is 3. The van der Waals surface area contributed by atoms with E-state index in [9.17, 15) is 4.79 Å². The van der Waals surface area contributed by atoms with Crippen LogP contribution in [0.2, 0.25) is 10.0 Å². The van der Waals surface area contributed by atoms with Gasteiger partial charge in [0.25, 0.3) is 0 Å². The van der Waals surface area contributed by atoms with E-state index in [4.69, 9.17) is 23.2 Å². The molecule has 2 heterocycles. The Morgan fingerprint density at radius 2 is 1.64 bits per heavy atom. The van der Waals surface area contributed by atoms with Gasteiger partial charge >= 0.3 is 0 Å². The molecule has 1 aliphatic heterocycles. The number of likely N-dealkylation sites (tertiary alicyclic amines) is 1. The van der Waals surface area contributed by atoms with Crippen LogP contribution in [0.4, 0.5) is 0 Å². The van der Waals surface area contributed by atoms with Crippen LogP contribution in [0.5, 0.6) is 0 Å². The lowest BCUT2D eigenvalue weighted by Crippen LogP contribution is -2.37. The number of hydrogen-bond donors (Lipinski definition) is 1. The van der Waals surface area contributed by atoms with Crippen LogP contribution >= 0.6 is 23.2 Å². The molecular weight excluding hydrogens is 489 g/mol. The smallest absolute Gasteiger partial charge is 0.243 e. The number of carbonyl (C=O) groups is 1. The van der Waals surface area contributed by atoms with E-state index in [0.29, 0.717) is 12.5 Å². The Bertz CT molecular complexity index is 1100. The van der Waals surface area contributed by atoms with Crippen LogP contribution in [0.15, 0.2) is 79.1 Å². The monoisotopic (exact) mass is 521 g/mol. The number of pyridine rings is 1. The first-order valence-corrected chi connectivity index (χ1v) is 13.5. The molecule has 4 nitrogen and oxygen atoms in total. The van der Waals surface area contributed by atoms with E-state index in [1.54, 1.807) is 24.5 Å². The highest BCUT2D eigenvalue weighted by Gasteiger charge is 2.29. The van der Waals surface area contributed by atoms with Gasteiger partial charge < -0.3 is 5.32 Å². The van der Waals surface area contributed by atoms with Crippen LogP contribution in [-0.4, -0.2) is 35.4 Å². The summed E-state index contributed by atoms with van der Waals surface area (Å²) in [7, 11) is 0. The molecule has 3 aromatic rings. The molecule has 0 spiro atoms. The van der Waals surface area contributed by atoms with E-state index in [0.717, 1.165) is 65.5 Å². The molecule has 1 aromatic heterocycles. The average molecular weight is 523 g/mol. The summed E-state index contributed by atoms with van der Waals surface area (Å²) in [6, 6.07) is 20.0. The third-order valence-corrected chi connectivity index (χ3v) is 7.55. The van der Waals surface area contributed by atoms with Crippen molar-refractivity contribution in [1.29, 1.82) is 0 Å². The van der Waals surface area contributed by atoms with Gasteiger partial charge in [-0.2, -0.15) is 0 Å². The largest absolute Gasteiger partial charge is 0.353 e. The fourth-order valence-corrected chi connectivity index (χ4v) is 5.41. The molecule has 1 amide bonds. The molecule has 1 saturated heterocycles. The number of carbonyl (C=O) groups excluding carboxylic acids is 1. The molecule has 2 aromatic carbocycles. The van der Waals surface area contributed by atoms with Gasteiger partial charge in [0, 0.05) is 35.1 Å². The number of halogens is 2. The Kier molecular flexibility index (Phi) is 9.97. The van der Waals surface area contributed by atoms with Crippen molar-refractivity contribution in [3.63, 3.8) is 0 Å². The molecular formula is C30H33Cl2N3O. The lowest BCUT2D eigenvalue weighted by molar-refractivity contribution is -0.116. The van der Waals surface area contributed by atoms with Gasteiger partial charge in [-0.1, -0.05) is 78.5 Å². The third kappa shape index (κ3) is 7.42. The van der Waals surface area contributed by atoms with Crippen LogP contribution in [0.3, 0.4) is 0 Å². The zero-order chi connectivity index (χ0) is 25.2. The molecule has 0 saturated carbocycles. The standard InChI is InChI=1S/C30H33Cl2N3O/c31-27-12-3-1-10-25(27)30(26-11-2-4-13-28(26)32)35-20-16-23(17-21-35)8-5-6-19-34-29(36)15-14-24-9-7-18-33-22-24/h1-4,7,9-15,18,22-23,30H,5-6,8,16-17,19-21H2,(H,34,36)/b15-14-. The molecule has 1 aliphatic rings. The van der Waals surface area contributed by atoms with E-state index in [1.165, 1.54) is 6.42 Å². The van der Waals surface area contributed by atoms with Gasteiger partial charge in [0.2, 0.25) is 5.91 Å². The van der Waals surface area contributed by atoms with Crippen molar-refractivity contribution in [2.75, 3.05) is 19.6 Å². The zero-order valence-electron chi connectivity index (χ0n) is 20.5. The molecule has 36 heavy (non-hydrogen) atoms. The van der Waals surface area contributed by atoms with Gasteiger partial charge in [0.1, 0.15) is 0 Å². The van der Waals surface area contributed by atoms with Gasteiger partial charge in [-0.15, -0.1) is 0 Å². The summed E-state index contributed by atoms with van der Waals surface area (Å²) in [5, 5.41) is 4.54. The van der Waals surface area contributed by atoms with Crippen molar-refractivity contribution in [3.05, 3.63) is 106 Å². The maximum Gasteiger partial charge on any atom is 0.243 e. The molecule has 188 valence electrons. The van der Waals surface area contributed by atoms with Crippen molar-refractivity contribution in [2.24, 2.45) is 5.92 Å². The summed E-state index contributed by atoms with van der Waals surface area (Å²) < 4.78 is 0. The Hall–Kier alpha value is -2.66. The Morgan fingerprint density at radius 3 is 2.25 bits per heavy atom. The normalized spacial score (nSPS) is 15.0. The van der Waals surface area contributed by atoms with Crippen molar-refractivity contribution >= 4 is 35.2 Å². The summed E-state index contributed by atoms with van der Waals surface area (Å²) in [5.41, 5.74) is 3.14. The topological polar surface area (TPSA) is 45.2 Å². The molecule has 0 unspecified atom stereocenters. The fraction of sp³-hybridized carbons (Fsp3) is 0.333. The maximum absolute atomic E-state index is 12.0. The zero-order valence-corrected chi connectivity index (χ0v) is 22.0. The van der Waals surface area contributed by atoms with Crippen molar-refractivity contribution in [3.8, 4) is 0 Å². The highest BCUT2D eigenvalue weighted by atomic mass is 35.5. The van der Waals surface area contributed by atoms with E-state index in [-0.39, 0.29) is 11.9 Å². The van der Waals surface area contributed by atoms with Crippen molar-refractivity contribution in [1.82, 2.24) is 15.2 Å². The second-order valence-electron chi connectivity index (χ2n) is 9.33. The number of unbranched alkanes of at least 4 members (excludes halogenated alkanes) is 1. The number of nitrogens with one attached hydrogen (secondary N) is 1.